The number of ether oxygens (including phenoxy) is 4. The summed E-state index contributed by atoms with van der Waals surface area (Å²) in [4.78, 5) is 29.3. The van der Waals surface area contributed by atoms with Crippen molar-refractivity contribution in [1.29, 1.82) is 0 Å². The molecular weight excluding hydrogens is 878 g/mol. The summed E-state index contributed by atoms with van der Waals surface area (Å²) in [5, 5.41) is 0. The van der Waals surface area contributed by atoms with Crippen LogP contribution in [0.3, 0.4) is 0 Å². The maximum atomic E-state index is 17.3. The predicted molar refractivity (Wildman–Crippen MR) is 258 cm³/mol. The number of benzene rings is 9. The molecule has 0 amide bonds. The number of hydrogen-bond donors (Lipinski definition) is 2. The number of halogens is 3. The van der Waals surface area contributed by atoms with E-state index in [-0.39, 0.29) is 73.1 Å². The Labute approximate surface area is 393 Å². The second-order valence-electron chi connectivity index (χ2n) is 16.7. The number of anilines is 2. The number of nitrogens with two attached hydrogens (primary N) is 2. The second kappa shape index (κ2) is 16.7. The minimum Gasteiger partial charge on any atom is -0.457 e. The number of nitrogen functional groups attached to an aromatic ring is 2. The Morgan fingerprint density at radius 3 is 1.25 bits per heavy atom. The van der Waals surface area contributed by atoms with Crippen LogP contribution in [0.5, 0.6) is 46.0 Å². The maximum absolute atomic E-state index is 17.3. The third-order valence-corrected chi connectivity index (χ3v) is 12.4. The summed E-state index contributed by atoms with van der Waals surface area (Å²) < 4.78 is 76.9. The molecule has 0 saturated carbocycles. The van der Waals surface area contributed by atoms with E-state index in [1.54, 1.807) is 152 Å². The molecule has 9 aromatic carbocycles. The summed E-state index contributed by atoms with van der Waals surface area (Å²) in [5.41, 5.74) is 11.2. The molecule has 9 aromatic rings. The Morgan fingerprint density at radius 2 is 0.855 bits per heavy atom. The van der Waals surface area contributed by atoms with Gasteiger partial charge in [-0.15, -0.1) is 0 Å². The quantitative estimate of drug-likeness (QED) is 0.0747. The fourth-order valence-corrected chi connectivity index (χ4v) is 9.24. The monoisotopic (exact) mass is 914 g/mol. The lowest BCUT2D eigenvalue weighted by Gasteiger charge is -2.40. The SMILES string of the molecule is Nc1cccc(Oc2ccc(C(=O)c3ccc(C(c4ccccc4)(c4ccc(C(=O)c5ccc(Oc6cccc(N)c6)cc5)c5c4Oc4ccc-5cc4)C(F)(F)F)c4c3-c3ccc(cc3)O4)cc2)c1. The van der Waals surface area contributed by atoms with Gasteiger partial charge in [-0.1, -0.05) is 78.9 Å². The molecule has 4 heterocycles. The van der Waals surface area contributed by atoms with Crippen LogP contribution in [0.25, 0.3) is 22.3 Å². The molecular formula is C58H37F3N2O6. The van der Waals surface area contributed by atoms with Crippen molar-refractivity contribution >= 4 is 22.9 Å². The Balaban J connectivity index is 1.08. The molecule has 13 rings (SSSR count). The van der Waals surface area contributed by atoms with Crippen molar-refractivity contribution in [3.8, 4) is 68.2 Å². The van der Waals surface area contributed by atoms with Gasteiger partial charge in [-0.3, -0.25) is 9.59 Å². The summed E-state index contributed by atoms with van der Waals surface area (Å²) in [6, 6.07) is 53.3. The van der Waals surface area contributed by atoms with Gasteiger partial charge in [0.15, 0.2) is 11.6 Å². The predicted octanol–water partition coefficient (Wildman–Crippen LogP) is 14.3. The van der Waals surface area contributed by atoms with Crippen molar-refractivity contribution in [2.24, 2.45) is 0 Å². The molecule has 4 aliphatic rings. The number of carbonyl (C=O) groups is 2. The van der Waals surface area contributed by atoms with Crippen LogP contribution in [0.2, 0.25) is 0 Å². The fraction of sp³-hybridized carbons (Fsp3) is 0.0345. The first-order valence-electron chi connectivity index (χ1n) is 21.8. The molecule has 336 valence electrons. The van der Waals surface area contributed by atoms with Crippen molar-refractivity contribution in [3.05, 3.63) is 239 Å². The van der Waals surface area contributed by atoms with Crippen molar-refractivity contribution in [1.82, 2.24) is 0 Å². The first-order valence-corrected chi connectivity index (χ1v) is 21.8. The largest absolute Gasteiger partial charge is 0.457 e. The van der Waals surface area contributed by atoms with Gasteiger partial charge < -0.3 is 30.4 Å². The summed E-state index contributed by atoms with van der Waals surface area (Å²) in [6.45, 7) is 0. The molecule has 0 aromatic heterocycles. The maximum Gasteiger partial charge on any atom is 0.406 e. The topological polar surface area (TPSA) is 123 Å². The molecule has 11 heteroatoms. The molecule has 0 unspecified atom stereocenters. The van der Waals surface area contributed by atoms with Gasteiger partial charge >= 0.3 is 6.18 Å². The zero-order chi connectivity index (χ0) is 47.4. The Bertz CT molecular complexity index is 3260. The van der Waals surface area contributed by atoms with E-state index in [2.05, 4.69) is 0 Å². The van der Waals surface area contributed by atoms with Crippen LogP contribution in [-0.2, 0) is 5.41 Å². The highest BCUT2D eigenvalue weighted by Gasteiger charge is 2.62. The van der Waals surface area contributed by atoms with Gasteiger partial charge in [0.05, 0.1) is 0 Å². The Morgan fingerprint density at radius 1 is 0.435 bits per heavy atom. The van der Waals surface area contributed by atoms with E-state index in [9.17, 15) is 9.59 Å². The van der Waals surface area contributed by atoms with Crippen LogP contribution in [0.15, 0.2) is 200 Å². The zero-order valence-corrected chi connectivity index (χ0v) is 36.3. The molecule has 4 aliphatic heterocycles. The van der Waals surface area contributed by atoms with Crippen LogP contribution in [-0.4, -0.2) is 17.7 Å². The lowest BCUT2D eigenvalue weighted by molar-refractivity contribution is -0.167. The number of hydrogen-bond acceptors (Lipinski definition) is 8. The van der Waals surface area contributed by atoms with E-state index in [1.807, 2.05) is 0 Å². The molecule has 0 radical (unpaired) electrons. The van der Waals surface area contributed by atoms with Crippen LogP contribution in [0.1, 0.15) is 48.5 Å². The number of carbonyl (C=O) groups excluding carboxylic acids is 2. The molecule has 69 heavy (non-hydrogen) atoms. The molecule has 4 bridgehead atoms. The Kier molecular flexibility index (Phi) is 10.3. The van der Waals surface area contributed by atoms with Crippen LogP contribution in [0.4, 0.5) is 24.5 Å². The highest BCUT2D eigenvalue weighted by Crippen LogP contribution is 2.61. The lowest BCUT2D eigenvalue weighted by atomic mass is 9.66. The average molecular weight is 915 g/mol. The zero-order valence-electron chi connectivity index (χ0n) is 36.3. The smallest absolute Gasteiger partial charge is 0.406 e. The number of ketones is 2. The molecule has 0 saturated heterocycles. The van der Waals surface area contributed by atoms with E-state index in [0.717, 1.165) is 0 Å². The van der Waals surface area contributed by atoms with Crippen molar-refractivity contribution in [2.75, 3.05) is 11.5 Å². The summed E-state index contributed by atoms with van der Waals surface area (Å²) in [5.74, 6) is 1.23. The standard InChI is InChI=1S/C58H37F3N2O6/c59-58(60,61)57(38-6-2-1-3-7-38,49-30-28-47(51-34-12-20-43(21-13-34)68-55(49)51)53(64)36-16-24-41(25-17-36)66-45-10-4-8-39(62)32-45)50-31-29-48(52-35-14-22-44(23-15-35)69-56(50)52)54(65)37-18-26-42(27-19-37)67-46-11-5-9-40(63)33-46/h1-33H,62-63H2. The van der Waals surface area contributed by atoms with Crippen molar-refractivity contribution in [3.63, 3.8) is 0 Å². The van der Waals surface area contributed by atoms with Crippen LogP contribution in [0, 0.1) is 0 Å². The van der Waals surface area contributed by atoms with Crippen LogP contribution < -0.4 is 30.4 Å². The van der Waals surface area contributed by atoms with E-state index in [4.69, 9.17) is 30.4 Å². The minimum absolute atomic E-state index is 0.118. The first kappa shape index (κ1) is 42.5. The third kappa shape index (κ3) is 7.46. The summed E-state index contributed by atoms with van der Waals surface area (Å²) in [7, 11) is 0. The average Bonchev–Trinajstić information content (AvgIpc) is 3.82. The molecule has 0 fully saturated rings. The van der Waals surface area contributed by atoms with Gasteiger partial charge in [0.2, 0.25) is 0 Å². The normalized spacial score (nSPS) is 12.2. The number of fused-ring (bicyclic) bond motifs is 4. The van der Waals surface area contributed by atoms with Crippen LogP contribution >= 0.6 is 0 Å². The highest BCUT2D eigenvalue weighted by molar-refractivity contribution is 6.15. The lowest BCUT2D eigenvalue weighted by Crippen LogP contribution is -2.45. The molecule has 0 atom stereocenters. The fourth-order valence-electron chi connectivity index (χ4n) is 9.24. The first-order chi connectivity index (χ1) is 33.4. The molecule has 8 nitrogen and oxygen atoms in total. The van der Waals surface area contributed by atoms with Gasteiger partial charge in [-0.25, -0.2) is 0 Å². The van der Waals surface area contributed by atoms with E-state index in [0.29, 0.717) is 45.5 Å². The second-order valence-corrected chi connectivity index (χ2v) is 16.7. The third-order valence-electron chi connectivity index (χ3n) is 12.4. The summed E-state index contributed by atoms with van der Waals surface area (Å²) in [6.07, 6.45) is -5.11. The van der Waals surface area contributed by atoms with Gasteiger partial charge in [0.1, 0.15) is 51.4 Å². The van der Waals surface area contributed by atoms with E-state index in [1.165, 1.54) is 48.5 Å². The van der Waals surface area contributed by atoms with Gasteiger partial charge in [-0.05, 0) is 126 Å². The van der Waals surface area contributed by atoms with Gasteiger partial charge in [0, 0.05) is 68.0 Å². The molecule has 0 spiro atoms. The molecule has 4 N–H and O–H groups in total. The number of rotatable bonds is 11. The molecule has 0 aliphatic carbocycles. The van der Waals surface area contributed by atoms with Crippen molar-refractivity contribution < 1.29 is 41.7 Å². The van der Waals surface area contributed by atoms with Crippen molar-refractivity contribution in [2.45, 2.75) is 11.6 Å². The van der Waals surface area contributed by atoms with E-state index >= 15 is 13.2 Å². The van der Waals surface area contributed by atoms with Gasteiger partial charge in [-0.2, -0.15) is 13.2 Å². The Hall–Kier alpha value is -9.09. The van der Waals surface area contributed by atoms with Gasteiger partial charge in [0.25, 0.3) is 0 Å². The van der Waals surface area contributed by atoms with E-state index < -0.39 is 23.2 Å². The number of alkyl halides is 3. The minimum atomic E-state index is -5.11. The highest BCUT2D eigenvalue weighted by atomic mass is 19.4. The summed E-state index contributed by atoms with van der Waals surface area (Å²) >= 11 is 0.